The predicted octanol–water partition coefficient (Wildman–Crippen LogP) is 2.54. The third-order valence-electron chi connectivity index (χ3n) is 4.59. The summed E-state index contributed by atoms with van der Waals surface area (Å²) in [6.45, 7) is 5.10. The van der Waals surface area contributed by atoms with Crippen molar-refractivity contribution in [3.63, 3.8) is 0 Å². The minimum Gasteiger partial charge on any atom is -0.479 e. The molecule has 0 spiro atoms. The molecule has 2 aromatic carbocycles. The zero-order valence-electron chi connectivity index (χ0n) is 17.4. The van der Waals surface area contributed by atoms with Crippen molar-refractivity contribution in [1.29, 1.82) is 0 Å². The molecule has 0 aliphatic carbocycles. The van der Waals surface area contributed by atoms with Crippen LogP contribution in [-0.4, -0.2) is 50.7 Å². The Morgan fingerprint density at radius 2 is 1.33 bits per heavy atom. The van der Waals surface area contributed by atoms with E-state index in [1.165, 1.54) is 0 Å². The summed E-state index contributed by atoms with van der Waals surface area (Å²) in [7, 11) is 0. The molecule has 162 valence electrons. The molecule has 0 saturated carbocycles. The summed E-state index contributed by atoms with van der Waals surface area (Å²) in [5.41, 5.74) is -0.837. The first-order valence-electron chi connectivity index (χ1n) is 9.70. The second kappa shape index (κ2) is 9.73. The summed E-state index contributed by atoms with van der Waals surface area (Å²) in [6, 6.07) is 18.1. The van der Waals surface area contributed by atoms with Crippen LogP contribution in [0.1, 0.15) is 31.9 Å². The molecule has 2 aromatic rings. The number of ether oxygens (including phenoxy) is 1. The lowest BCUT2D eigenvalue weighted by Crippen LogP contribution is -2.64. The van der Waals surface area contributed by atoms with Gasteiger partial charge in [-0.2, -0.15) is 0 Å². The van der Waals surface area contributed by atoms with Gasteiger partial charge in [-0.3, -0.25) is 0 Å². The molecule has 0 aliphatic heterocycles. The zero-order chi connectivity index (χ0) is 22.4. The average molecular weight is 415 g/mol. The Morgan fingerprint density at radius 3 is 1.70 bits per heavy atom. The molecular formula is C23H29NO6. The van der Waals surface area contributed by atoms with E-state index in [9.17, 15) is 24.9 Å². The maximum atomic E-state index is 12.7. The highest BCUT2D eigenvalue weighted by Gasteiger charge is 2.46. The Bertz CT molecular complexity index is 790. The van der Waals surface area contributed by atoms with Crippen molar-refractivity contribution in [3.8, 4) is 0 Å². The van der Waals surface area contributed by atoms with E-state index in [-0.39, 0.29) is 12.8 Å². The molecule has 2 rings (SSSR count). The van der Waals surface area contributed by atoms with Gasteiger partial charge in [-0.15, -0.1) is 0 Å². The number of carboxylic acid groups (broad SMARTS) is 1. The van der Waals surface area contributed by atoms with Crippen LogP contribution in [0.25, 0.3) is 0 Å². The Hall–Kier alpha value is -2.90. The van der Waals surface area contributed by atoms with Crippen LogP contribution in [0.3, 0.4) is 0 Å². The highest BCUT2D eigenvalue weighted by molar-refractivity contribution is 5.74. The largest absolute Gasteiger partial charge is 0.479 e. The molecule has 30 heavy (non-hydrogen) atoms. The summed E-state index contributed by atoms with van der Waals surface area (Å²) < 4.78 is 5.37. The van der Waals surface area contributed by atoms with Crippen LogP contribution in [0, 0.1) is 0 Å². The van der Waals surface area contributed by atoms with Gasteiger partial charge < -0.3 is 25.4 Å². The minimum atomic E-state index is -2.10. The Labute approximate surface area is 176 Å². The molecular weight excluding hydrogens is 386 g/mol. The minimum absolute atomic E-state index is 0.0769. The quantitative estimate of drug-likeness (QED) is 0.527. The SMILES string of the molecule is CC(C)(C)OC(=O)NC(Cc1ccccc1)(Cc1ccccc1)C(O)C(O)C(=O)O. The number of aliphatic hydroxyl groups excluding tert-OH is 2. The third-order valence-corrected chi connectivity index (χ3v) is 4.59. The normalized spacial score (nSPS) is 13.9. The number of carboxylic acids is 1. The van der Waals surface area contributed by atoms with Gasteiger partial charge in [0.05, 0.1) is 5.54 Å². The van der Waals surface area contributed by atoms with Crippen molar-refractivity contribution in [2.24, 2.45) is 0 Å². The molecule has 0 bridgehead atoms. The number of benzene rings is 2. The number of hydrogen-bond acceptors (Lipinski definition) is 5. The molecule has 0 radical (unpaired) electrons. The van der Waals surface area contributed by atoms with Crippen LogP contribution in [0.2, 0.25) is 0 Å². The predicted molar refractivity (Wildman–Crippen MR) is 112 cm³/mol. The highest BCUT2D eigenvalue weighted by Crippen LogP contribution is 2.26. The fourth-order valence-electron chi connectivity index (χ4n) is 3.30. The van der Waals surface area contributed by atoms with E-state index in [0.29, 0.717) is 0 Å². The number of carbonyl (C=O) groups is 2. The van der Waals surface area contributed by atoms with Gasteiger partial charge in [0.25, 0.3) is 0 Å². The molecule has 2 unspecified atom stereocenters. The highest BCUT2D eigenvalue weighted by atomic mass is 16.6. The van der Waals surface area contributed by atoms with Gasteiger partial charge in [-0.1, -0.05) is 60.7 Å². The number of alkyl carbamates (subject to hydrolysis) is 1. The molecule has 2 atom stereocenters. The number of amides is 1. The van der Waals surface area contributed by atoms with Crippen LogP contribution >= 0.6 is 0 Å². The fraction of sp³-hybridized carbons (Fsp3) is 0.391. The first-order chi connectivity index (χ1) is 14.0. The van der Waals surface area contributed by atoms with E-state index >= 15 is 0 Å². The number of rotatable bonds is 8. The first-order valence-corrected chi connectivity index (χ1v) is 9.70. The lowest BCUT2D eigenvalue weighted by atomic mass is 9.78. The van der Waals surface area contributed by atoms with E-state index < -0.39 is 35.4 Å². The summed E-state index contributed by atoms with van der Waals surface area (Å²) in [6.07, 6.45) is -4.57. The van der Waals surface area contributed by atoms with Crippen molar-refractivity contribution in [1.82, 2.24) is 5.32 Å². The van der Waals surface area contributed by atoms with E-state index in [0.717, 1.165) is 11.1 Å². The van der Waals surface area contributed by atoms with Gasteiger partial charge in [-0.25, -0.2) is 9.59 Å². The van der Waals surface area contributed by atoms with Crippen LogP contribution in [-0.2, 0) is 22.4 Å². The van der Waals surface area contributed by atoms with Crippen molar-refractivity contribution in [2.45, 2.75) is 57.0 Å². The van der Waals surface area contributed by atoms with Gasteiger partial charge in [0, 0.05) is 0 Å². The van der Waals surface area contributed by atoms with E-state index in [4.69, 9.17) is 4.74 Å². The topological polar surface area (TPSA) is 116 Å². The summed E-state index contributed by atoms with van der Waals surface area (Å²) >= 11 is 0. The monoisotopic (exact) mass is 415 g/mol. The molecule has 0 aliphatic rings. The van der Waals surface area contributed by atoms with Gasteiger partial charge in [0.2, 0.25) is 0 Å². The Kier molecular flexibility index (Phi) is 7.59. The number of hydrogen-bond donors (Lipinski definition) is 4. The number of nitrogens with one attached hydrogen (secondary N) is 1. The molecule has 7 heteroatoms. The van der Waals surface area contributed by atoms with E-state index in [1.54, 1.807) is 69.3 Å². The van der Waals surface area contributed by atoms with Crippen molar-refractivity contribution < 1.29 is 29.6 Å². The molecule has 0 saturated heterocycles. The molecule has 1 amide bonds. The van der Waals surface area contributed by atoms with E-state index in [1.807, 2.05) is 12.1 Å². The van der Waals surface area contributed by atoms with Crippen molar-refractivity contribution >= 4 is 12.1 Å². The van der Waals surface area contributed by atoms with Crippen LogP contribution < -0.4 is 5.32 Å². The molecule has 0 heterocycles. The van der Waals surface area contributed by atoms with Crippen LogP contribution in [0.5, 0.6) is 0 Å². The lowest BCUT2D eigenvalue weighted by Gasteiger charge is -2.40. The number of aliphatic hydroxyl groups is 2. The summed E-state index contributed by atoms with van der Waals surface area (Å²) in [5, 5.41) is 33.2. The second-order valence-corrected chi connectivity index (χ2v) is 8.34. The molecule has 0 fully saturated rings. The van der Waals surface area contributed by atoms with Gasteiger partial charge in [0.1, 0.15) is 11.7 Å². The van der Waals surface area contributed by atoms with Crippen LogP contribution in [0.15, 0.2) is 60.7 Å². The van der Waals surface area contributed by atoms with E-state index in [2.05, 4.69) is 5.32 Å². The van der Waals surface area contributed by atoms with Crippen molar-refractivity contribution in [2.75, 3.05) is 0 Å². The number of aliphatic carboxylic acids is 1. The molecule has 4 N–H and O–H groups in total. The Balaban J connectivity index is 2.52. The third kappa shape index (κ3) is 6.57. The second-order valence-electron chi connectivity index (χ2n) is 8.34. The zero-order valence-corrected chi connectivity index (χ0v) is 17.4. The molecule has 0 aromatic heterocycles. The van der Waals surface area contributed by atoms with Crippen molar-refractivity contribution in [3.05, 3.63) is 71.8 Å². The standard InChI is InChI=1S/C23H29NO6/c1-22(2,3)30-21(29)24-23(19(26)18(25)20(27)28,14-16-10-6-4-7-11-16)15-17-12-8-5-9-13-17/h4-13,18-19,25-26H,14-15H2,1-3H3,(H,24,29)(H,27,28). The first kappa shape index (κ1) is 23.4. The Morgan fingerprint density at radius 1 is 0.900 bits per heavy atom. The summed E-state index contributed by atoms with van der Waals surface area (Å²) in [5.74, 6) is -1.58. The lowest BCUT2D eigenvalue weighted by molar-refractivity contribution is -0.157. The fourth-order valence-corrected chi connectivity index (χ4v) is 3.30. The average Bonchev–Trinajstić information content (AvgIpc) is 2.66. The maximum Gasteiger partial charge on any atom is 0.408 e. The van der Waals surface area contributed by atoms with Gasteiger partial charge in [-0.05, 0) is 44.7 Å². The number of carbonyl (C=O) groups excluding carboxylic acids is 1. The maximum absolute atomic E-state index is 12.7. The van der Waals surface area contributed by atoms with Gasteiger partial charge in [0.15, 0.2) is 6.10 Å². The smallest absolute Gasteiger partial charge is 0.408 e. The van der Waals surface area contributed by atoms with Crippen LogP contribution in [0.4, 0.5) is 4.79 Å². The molecule has 7 nitrogen and oxygen atoms in total. The van der Waals surface area contributed by atoms with Gasteiger partial charge >= 0.3 is 12.1 Å². The summed E-state index contributed by atoms with van der Waals surface area (Å²) in [4.78, 5) is 24.1.